The summed E-state index contributed by atoms with van der Waals surface area (Å²) in [4.78, 5) is 22.2. The number of benzene rings is 2. The summed E-state index contributed by atoms with van der Waals surface area (Å²) >= 11 is 18.1. The van der Waals surface area contributed by atoms with Crippen LogP contribution in [0, 0.1) is 0 Å². The number of esters is 2. The van der Waals surface area contributed by atoms with Crippen molar-refractivity contribution in [1.82, 2.24) is 0 Å². The van der Waals surface area contributed by atoms with Gasteiger partial charge in [0, 0.05) is 19.7 Å². The second-order valence-electron chi connectivity index (χ2n) is 6.93. The normalized spacial score (nSPS) is 12.0. The van der Waals surface area contributed by atoms with Gasteiger partial charge in [0.15, 0.2) is 11.9 Å². The van der Waals surface area contributed by atoms with Gasteiger partial charge in [0.25, 0.3) is 0 Å². The predicted octanol–water partition coefficient (Wildman–Crippen LogP) is 4.71. The van der Waals surface area contributed by atoms with Crippen LogP contribution in [0.3, 0.4) is 0 Å². The maximum absolute atomic E-state index is 13.0. The van der Waals surface area contributed by atoms with Gasteiger partial charge in [0.1, 0.15) is 19.0 Å². The number of rotatable bonds is 12. The predicted molar refractivity (Wildman–Crippen MR) is 127 cm³/mol. The van der Waals surface area contributed by atoms with Crippen molar-refractivity contribution in [3.8, 4) is 11.5 Å². The minimum Gasteiger partial charge on any atom is -0.494 e. The molecule has 0 radical (unpaired) electrons. The number of hydrogen-bond donors (Lipinski definition) is 0. The fourth-order valence-electron chi connectivity index (χ4n) is 2.66. The van der Waals surface area contributed by atoms with E-state index < -0.39 is 27.9 Å². The highest BCUT2D eigenvalue weighted by Crippen LogP contribution is 2.37. The summed E-state index contributed by atoms with van der Waals surface area (Å²) in [5.41, 5.74) is 0. The molecule has 0 N–H and O–H groups in total. The molecule has 1 atom stereocenters. The second-order valence-corrected chi connectivity index (χ2v) is 10.1. The molecule has 2 aromatic rings. The molecule has 186 valence electrons. The molecule has 0 saturated heterocycles. The molecule has 34 heavy (non-hydrogen) atoms. The molecule has 2 rings (SSSR count). The lowest BCUT2D eigenvalue weighted by molar-refractivity contribution is -0.158. The molecule has 0 amide bonds. The Labute approximate surface area is 212 Å². The Morgan fingerprint density at radius 1 is 0.912 bits per heavy atom. The first-order chi connectivity index (χ1) is 16.0. The zero-order chi connectivity index (χ0) is 25.3. The third kappa shape index (κ3) is 8.23. The van der Waals surface area contributed by atoms with Crippen molar-refractivity contribution in [2.24, 2.45) is 0 Å². The number of halogens is 3. The van der Waals surface area contributed by atoms with E-state index in [2.05, 4.69) is 0 Å². The monoisotopic (exact) mass is 552 g/mol. The summed E-state index contributed by atoms with van der Waals surface area (Å²) < 4.78 is 47.0. The summed E-state index contributed by atoms with van der Waals surface area (Å²) in [5.74, 6) is -0.192. The van der Waals surface area contributed by atoms with Crippen LogP contribution in [0.25, 0.3) is 0 Å². The molecule has 0 saturated carbocycles. The number of alkyl halides is 1. The maximum Gasteiger partial charge on any atom is 0.303 e. The van der Waals surface area contributed by atoms with E-state index in [-0.39, 0.29) is 38.8 Å². The van der Waals surface area contributed by atoms with E-state index in [1.165, 1.54) is 38.1 Å². The zero-order valence-electron chi connectivity index (χ0n) is 18.4. The first-order valence-corrected chi connectivity index (χ1v) is 12.8. The van der Waals surface area contributed by atoms with Gasteiger partial charge in [0.05, 0.1) is 26.4 Å². The van der Waals surface area contributed by atoms with Crippen molar-refractivity contribution in [2.45, 2.75) is 36.2 Å². The molecule has 0 aromatic heterocycles. The maximum atomic E-state index is 13.0. The number of sulfone groups is 1. The highest BCUT2D eigenvalue weighted by atomic mass is 35.5. The quantitative estimate of drug-likeness (QED) is 0.211. The molecule has 0 spiro atoms. The van der Waals surface area contributed by atoms with Crippen molar-refractivity contribution >= 4 is 56.6 Å². The standard InChI is InChI=1S/C22H23Cl3O8S/c1-14(26)31-12-17(33-15(2)27)13-32-22-20(24)10-19(11-21(22)25)34(28,29)18-6-4-16(5-7-18)30-9-3-8-23/h4-7,10-11,17H,3,8-9,12-13H2,1-2H3. The third-order valence-corrected chi connectivity index (χ3v) is 6.76. The number of carbonyl (C=O) groups is 2. The third-order valence-electron chi connectivity index (χ3n) is 4.18. The molecule has 8 nitrogen and oxygen atoms in total. The molecular formula is C22H23Cl3O8S. The molecule has 0 aliphatic heterocycles. The molecular weight excluding hydrogens is 531 g/mol. The van der Waals surface area contributed by atoms with Crippen LogP contribution in [-0.2, 0) is 28.9 Å². The van der Waals surface area contributed by atoms with Gasteiger partial charge in [-0.25, -0.2) is 8.42 Å². The largest absolute Gasteiger partial charge is 0.494 e. The van der Waals surface area contributed by atoms with Crippen LogP contribution in [0.4, 0.5) is 0 Å². The van der Waals surface area contributed by atoms with Crippen LogP contribution in [0.1, 0.15) is 20.3 Å². The van der Waals surface area contributed by atoms with Gasteiger partial charge in [-0.05, 0) is 42.8 Å². The van der Waals surface area contributed by atoms with Gasteiger partial charge >= 0.3 is 11.9 Å². The van der Waals surface area contributed by atoms with E-state index in [1.807, 2.05) is 0 Å². The first-order valence-electron chi connectivity index (χ1n) is 10.0. The Bertz CT molecular complexity index is 1080. The van der Waals surface area contributed by atoms with E-state index in [1.54, 1.807) is 12.1 Å². The van der Waals surface area contributed by atoms with Gasteiger partial charge in [-0.15, -0.1) is 11.6 Å². The Hall–Kier alpha value is -2.20. The van der Waals surface area contributed by atoms with Crippen LogP contribution in [0.15, 0.2) is 46.2 Å². The Morgan fingerprint density at radius 2 is 1.53 bits per heavy atom. The molecule has 0 aliphatic carbocycles. The van der Waals surface area contributed by atoms with Crippen LogP contribution in [0.5, 0.6) is 11.5 Å². The summed E-state index contributed by atoms with van der Waals surface area (Å²) in [5, 5.41) is -0.137. The summed E-state index contributed by atoms with van der Waals surface area (Å²) in [6.45, 7) is 2.35. The highest BCUT2D eigenvalue weighted by molar-refractivity contribution is 7.91. The number of ether oxygens (including phenoxy) is 4. The second kappa shape index (κ2) is 13.0. The van der Waals surface area contributed by atoms with E-state index >= 15 is 0 Å². The Kier molecular flexibility index (Phi) is 10.8. The minimum atomic E-state index is -3.94. The molecule has 0 fully saturated rings. The average Bonchev–Trinajstić information content (AvgIpc) is 2.76. The lowest BCUT2D eigenvalue weighted by atomic mass is 10.3. The highest BCUT2D eigenvalue weighted by Gasteiger charge is 2.23. The van der Waals surface area contributed by atoms with Crippen LogP contribution in [-0.4, -0.2) is 52.2 Å². The van der Waals surface area contributed by atoms with Crippen molar-refractivity contribution in [2.75, 3.05) is 25.7 Å². The molecule has 12 heteroatoms. The van der Waals surface area contributed by atoms with Gasteiger partial charge in [-0.2, -0.15) is 0 Å². The zero-order valence-corrected chi connectivity index (χ0v) is 21.5. The lowest BCUT2D eigenvalue weighted by Crippen LogP contribution is -2.30. The van der Waals surface area contributed by atoms with Crippen LogP contribution in [0.2, 0.25) is 10.0 Å². The fraction of sp³-hybridized carbons (Fsp3) is 0.364. The van der Waals surface area contributed by atoms with Gasteiger partial charge < -0.3 is 18.9 Å². The minimum absolute atomic E-state index is 0.00898. The molecule has 0 heterocycles. The summed E-state index contributed by atoms with van der Waals surface area (Å²) in [6.07, 6.45) is -0.250. The van der Waals surface area contributed by atoms with Crippen molar-refractivity contribution in [3.63, 3.8) is 0 Å². The average molecular weight is 554 g/mol. The van der Waals surface area contributed by atoms with Crippen molar-refractivity contribution < 1.29 is 37.0 Å². The molecule has 2 aromatic carbocycles. The Balaban J connectivity index is 2.18. The van der Waals surface area contributed by atoms with Crippen molar-refractivity contribution in [1.29, 1.82) is 0 Å². The van der Waals surface area contributed by atoms with Gasteiger partial charge in [-0.1, -0.05) is 23.2 Å². The SMILES string of the molecule is CC(=O)OCC(COc1c(Cl)cc(S(=O)(=O)c2ccc(OCCCCl)cc2)cc1Cl)OC(C)=O. The van der Waals surface area contributed by atoms with Crippen molar-refractivity contribution in [3.05, 3.63) is 46.4 Å². The Morgan fingerprint density at radius 3 is 2.06 bits per heavy atom. The first kappa shape index (κ1) is 28.0. The van der Waals surface area contributed by atoms with E-state index in [4.69, 9.17) is 53.8 Å². The molecule has 0 bridgehead atoms. The summed E-state index contributed by atoms with van der Waals surface area (Å²) in [6, 6.07) is 8.32. The molecule has 0 aliphatic rings. The van der Waals surface area contributed by atoms with Gasteiger partial charge in [-0.3, -0.25) is 9.59 Å². The fourth-order valence-corrected chi connectivity index (χ4v) is 4.81. The number of hydrogen-bond acceptors (Lipinski definition) is 8. The molecule has 1 unspecified atom stereocenters. The smallest absolute Gasteiger partial charge is 0.303 e. The van der Waals surface area contributed by atoms with E-state index in [0.29, 0.717) is 24.7 Å². The van der Waals surface area contributed by atoms with E-state index in [0.717, 1.165) is 0 Å². The number of carbonyl (C=O) groups excluding carboxylic acids is 2. The van der Waals surface area contributed by atoms with Gasteiger partial charge in [0.2, 0.25) is 9.84 Å². The topological polar surface area (TPSA) is 105 Å². The van der Waals surface area contributed by atoms with Crippen LogP contribution < -0.4 is 9.47 Å². The lowest BCUT2D eigenvalue weighted by Gasteiger charge is -2.19. The van der Waals surface area contributed by atoms with Crippen LogP contribution >= 0.6 is 34.8 Å². The van der Waals surface area contributed by atoms with E-state index in [9.17, 15) is 18.0 Å². The summed E-state index contributed by atoms with van der Waals surface area (Å²) in [7, 11) is -3.94.